The van der Waals surface area contributed by atoms with Crippen molar-refractivity contribution >= 4 is 5.69 Å². The number of nitrogens with zero attached hydrogens (tertiary/aromatic N) is 4. The standard InChI is InChI=1S/C22H24N4O2/c23-16-19-3-1-18(2-4-19)7-8-25-9-11-26(12-10-25)22-6-5-21(28-14-13-27)15-20(22)17-24/h1-6,15,27H,7-14H2. The van der Waals surface area contributed by atoms with E-state index >= 15 is 0 Å². The molecule has 0 atom stereocenters. The molecule has 0 aromatic heterocycles. The molecule has 0 amide bonds. The zero-order chi connectivity index (χ0) is 19.8. The smallest absolute Gasteiger partial charge is 0.120 e. The van der Waals surface area contributed by atoms with Gasteiger partial charge in [0.1, 0.15) is 18.4 Å². The van der Waals surface area contributed by atoms with Crippen molar-refractivity contribution in [2.24, 2.45) is 0 Å². The zero-order valence-corrected chi connectivity index (χ0v) is 15.8. The van der Waals surface area contributed by atoms with Gasteiger partial charge in [0, 0.05) is 32.7 Å². The highest BCUT2D eigenvalue weighted by molar-refractivity contribution is 5.62. The summed E-state index contributed by atoms with van der Waals surface area (Å²) < 4.78 is 5.40. The maximum absolute atomic E-state index is 9.49. The number of nitriles is 2. The van der Waals surface area contributed by atoms with Crippen molar-refractivity contribution < 1.29 is 9.84 Å². The Kier molecular flexibility index (Phi) is 6.86. The summed E-state index contributed by atoms with van der Waals surface area (Å²) in [7, 11) is 0. The van der Waals surface area contributed by atoms with Crippen LogP contribution < -0.4 is 9.64 Å². The summed E-state index contributed by atoms with van der Waals surface area (Å²) in [5, 5.41) is 27.2. The molecule has 0 bridgehead atoms. The Labute approximate surface area is 165 Å². The molecule has 0 saturated carbocycles. The van der Waals surface area contributed by atoms with Crippen LogP contribution in [-0.2, 0) is 6.42 Å². The molecule has 3 rings (SSSR count). The third-order valence-corrected chi connectivity index (χ3v) is 4.96. The molecular weight excluding hydrogens is 352 g/mol. The quantitative estimate of drug-likeness (QED) is 0.797. The van der Waals surface area contributed by atoms with Crippen LogP contribution in [0.4, 0.5) is 5.69 Å². The third kappa shape index (κ3) is 5.01. The summed E-state index contributed by atoms with van der Waals surface area (Å²) >= 11 is 0. The lowest BCUT2D eigenvalue weighted by molar-refractivity contribution is 0.201. The fourth-order valence-corrected chi connectivity index (χ4v) is 3.38. The van der Waals surface area contributed by atoms with E-state index in [9.17, 15) is 5.26 Å². The number of ether oxygens (including phenoxy) is 1. The average molecular weight is 376 g/mol. The van der Waals surface area contributed by atoms with Gasteiger partial charge >= 0.3 is 0 Å². The van der Waals surface area contributed by atoms with Gasteiger partial charge in [0.05, 0.1) is 29.5 Å². The minimum atomic E-state index is -0.0476. The van der Waals surface area contributed by atoms with Crippen molar-refractivity contribution in [2.45, 2.75) is 6.42 Å². The molecule has 1 heterocycles. The molecule has 1 fully saturated rings. The summed E-state index contributed by atoms with van der Waals surface area (Å²) in [6.45, 7) is 4.81. The van der Waals surface area contributed by atoms with Crippen molar-refractivity contribution in [1.82, 2.24) is 4.90 Å². The molecule has 2 aromatic rings. The van der Waals surface area contributed by atoms with Gasteiger partial charge in [-0.05, 0) is 42.3 Å². The predicted octanol–water partition coefficient (Wildman–Crippen LogP) is 2.17. The maximum atomic E-state index is 9.49. The van der Waals surface area contributed by atoms with Crippen molar-refractivity contribution in [3.8, 4) is 17.9 Å². The normalized spacial score (nSPS) is 14.3. The Morgan fingerprint density at radius 2 is 1.71 bits per heavy atom. The van der Waals surface area contributed by atoms with E-state index in [1.165, 1.54) is 5.56 Å². The lowest BCUT2D eigenvalue weighted by Crippen LogP contribution is -2.47. The summed E-state index contributed by atoms with van der Waals surface area (Å²) in [4.78, 5) is 4.67. The van der Waals surface area contributed by atoms with Gasteiger partial charge in [-0.15, -0.1) is 0 Å². The lowest BCUT2D eigenvalue weighted by atomic mass is 10.1. The highest BCUT2D eigenvalue weighted by atomic mass is 16.5. The molecule has 0 aliphatic carbocycles. The summed E-state index contributed by atoms with van der Waals surface area (Å²) in [5.41, 5.74) is 3.47. The average Bonchev–Trinajstić information content (AvgIpc) is 2.76. The van der Waals surface area contributed by atoms with Crippen LogP contribution in [0.2, 0.25) is 0 Å². The number of anilines is 1. The highest BCUT2D eigenvalue weighted by Crippen LogP contribution is 2.26. The molecule has 28 heavy (non-hydrogen) atoms. The van der Waals surface area contributed by atoms with Gasteiger partial charge in [-0.1, -0.05) is 12.1 Å². The van der Waals surface area contributed by atoms with Crippen LogP contribution in [0, 0.1) is 22.7 Å². The highest BCUT2D eigenvalue weighted by Gasteiger charge is 2.19. The first kappa shape index (κ1) is 19.7. The Hall–Kier alpha value is -3.06. The topological polar surface area (TPSA) is 83.5 Å². The van der Waals surface area contributed by atoms with Crippen LogP contribution in [0.15, 0.2) is 42.5 Å². The van der Waals surface area contributed by atoms with Crippen LogP contribution in [0.25, 0.3) is 0 Å². The Bertz CT molecular complexity index is 860. The fourth-order valence-electron chi connectivity index (χ4n) is 3.38. The van der Waals surface area contributed by atoms with Crippen molar-refractivity contribution in [1.29, 1.82) is 10.5 Å². The van der Waals surface area contributed by atoms with Gasteiger partial charge < -0.3 is 14.7 Å². The van der Waals surface area contributed by atoms with E-state index in [1.54, 1.807) is 6.07 Å². The van der Waals surface area contributed by atoms with Crippen LogP contribution in [-0.4, -0.2) is 55.9 Å². The number of hydrogen-bond donors (Lipinski definition) is 1. The van der Waals surface area contributed by atoms with E-state index in [0.717, 1.165) is 44.8 Å². The summed E-state index contributed by atoms with van der Waals surface area (Å²) in [6, 6.07) is 17.7. The van der Waals surface area contributed by atoms with E-state index in [4.69, 9.17) is 15.1 Å². The predicted molar refractivity (Wildman–Crippen MR) is 107 cm³/mol. The number of aliphatic hydroxyl groups is 1. The van der Waals surface area contributed by atoms with Crippen LogP contribution in [0.1, 0.15) is 16.7 Å². The van der Waals surface area contributed by atoms with Gasteiger partial charge in [0.25, 0.3) is 0 Å². The second kappa shape index (κ2) is 9.75. The van der Waals surface area contributed by atoms with Crippen molar-refractivity contribution in [2.75, 3.05) is 50.8 Å². The molecule has 2 aromatic carbocycles. The van der Waals surface area contributed by atoms with Gasteiger partial charge in [0.2, 0.25) is 0 Å². The van der Waals surface area contributed by atoms with Crippen LogP contribution >= 0.6 is 0 Å². The monoisotopic (exact) mass is 376 g/mol. The molecule has 0 unspecified atom stereocenters. The maximum Gasteiger partial charge on any atom is 0.120 e. The van der Waals surface area contributed by atoms with E-state index < -0.39 is 0 Å². The Morgan fingerprint density at radius 3 is 2.36 bits per heavy atom. The summed E-state index contributed by atoms with van der Waals surface area (Å²) in [6.07, 6.45) is 0.964. The molecule has 6 heteroatoms. The van der Waals surface area contributed by atoms with E-state index in [-0.39, 0.29) is 13.2 Å². The zero-order valence-electron chi connectivity index (χ0n) is 15.8. The second-order valence-corrected chi connectivity index (χ2v) is 6.75. The second-order valence-electron chi connectivity index (χ2n) is 6.75. The number of benzene rings is 2. The molecular formula is C22H24N4O2. The first-order chi connectivity index (χ1) is 13.7. The van der Waals surface area contributed by atoms with E-state index in [0.29, 0.717) is 16.9 Å². The molecule has 0 spiro atoms. The first-order valence-electron chi connectivity index (χ1n) is 9.47. The van der Waals surface area contributed by atoms with Gasteiger partial charge in [-0.3, -0.25) is 4.90 Å². The Morgan fingerprint density at radius 1 is 0.964 bits per heavy atom. The largest absolute Gasteiger partial charge is 0.491 e. The summed E-state index contributed by atoms with van der Waals surface area (Å²) in [5.74, 6) is 0.607. The van der Waals surface area contributed by atoms with Crippen LogP contribution in [0.3, 0.4) is 0 Å². The molecule has 144 valence electrons. The molecule has 6 nitrogen and oxygen atoms in total. The number of piperazine rings is 1. The van der Waals surface area contributed by atoms with Gasteiger partial charge in [-0.2, -0.15) is 10.5 Å². The van der Waals surface area contributed by atoms with Gasteiger partial charge in [-0.25, -0.2) is 0 Å². The Balaban J connectivity index is 1.53. The fraction of sp³-hybridized carbons (Fsp3) is 0.364. The minimum absolute atomic E-state index is 0.0476. The molecule has 1 N–H and O–H groups in total. The third-order valence-electron chi connectivity index (χ3n) is 4.96. The van der Waals surface area contributed by atoms with Gasteiger partial charge in [0.15, 0.2) is 0 Å². The van der Waals surface area contributed by atoms with Crippen molar-refractivity contribution in [3.05, 3.63) is 59.2 Å². The molecule has 0 radical (unpaired) electrons. The van der Waals surface area contributed by atoms with Crippen molar-refractivity contribution in [3.63, 3.8) is 0 Å². The lowest BCUT2D eigenvalue weighted by Gasteiger charge is -2.36. The number of rotatable bonds is 7. The van der Waals surface area contributed by atoms with E-state index in [1.807, 2.05) is 36.4 Å². The minimum Gasteiger partial charge on any atom is -0.491 e. The number of hydrogen-bond acceptors (Lipinski definition) is 6. The number of aliphatic hydroxyl groups excluding tert-OH is 1. The SMILES string of the molecule is N#Cc1ccc(CCN2CCN(c3ccc(OCCO)cc3C#N)CC2)cc1. The van der Waals surface area contributed by atoms with E-state index in [2.05, 4.69) is 21.9 Å². The van der Waals surface area contributed by atoms with Crippen LogP contribution in [0.5, 0.6) is 5.75 Å². The molecule has 1 saturated heterocycles. The molecule has 1 aliphatic heterocycles. The first-order valence-corrected chi connectivity index (χ1v) is 9.47. The molecule has 1 aliphatic rings.